The lowest BCUT2D eigenvalue weighted by molar-refractivity contribution is -0.208. The van der Waals surface area contributed by atoms with E-state index in [9.17, 15) is 18.0 Å². The third kappa shape index (κ3) is 3.45. The minimum Gasteiger partial charge on any atom is -0.464 e. The second-order valence-corrected chi connectivity index (χ2v) is 4.51. The third-order valence-corrected chi connectivity index (χ3v) is 2.97. The molecule has 2 rings (SSSR count). The first-order chi connectivity index (χ1) is 10.3. The summed E-state index contributed by atoms with van der Waals surface area (Å²) in [5.41, 5.74) is 0.785. The van der Waals surface area contributed by atoms with E-state index in [4.69, 9.17) is 5.11 Å². The Hall–Kier alpha value is -2.35. The molecule has 1 atom stereocenters. The van der Waals surface area contributed by atoms with Gasteiger partial charge in [0.25, 0.3) is 0 Å². The Morgan fingerprint density at radius 3 is 2.55 bits per heavy atom. The van der Waals surface area contributed by atoms with Crippen LogP contribution < -0.4 is 0 Å². The van der Waals surface area contributed by atoms with Crippen LogP contribution in [0.1, 0.15) is 10.5 Å². The molecule has 0 spiro atoms. The lowest BCUT2D eigenvalue weighted by atomic mass is 10.1. The average molecular weight is 314 g/mol. The van der Waals surface area contributed by atoms with Crippen LogP contribution in [0, 0.1) is 0 Å². The van der Waals surface area contributed by atoms with Gasteiger partial charge in [0, 0.05) is 5.56 Å². The number of nitrogens with zero attached hydrogens (tertiary/aromatic N) is 2. The zero-order valence-corrected chi connectivity index (χ0v) is 11.5. The molecular formula is C14H13F3N2O3. The number of halogens is 3. The maximum Gasteiger partial charge on any atom is 0.416 e. The Kier molecular flexibility index (Phi) is 4.51. The normalized spacial score (nSPS) is 13.0. The molecule has 5 nitrogen and oxygen atoms in total. The molecule has 0 aliphatic rings. The quantitative estimate of drug-likeness (QED) is 0.879. The first kappa shape index (κ1) is 16.0. The molecule has 0 unspecified atom stereocenters. The molecule has 1 N–H and O–H groups in total. The second kappa shape index (κ2) is 6.18. The van der Waals surface area contributed by atoms with Crippen molar-refractivity contribution >= 4 is 5.97 Å². The molecule has 8 heteroatoms. The highest BCUT2D eigenvalue weighted by Gasteiger charge is 2.39. The molecule has 22 heavy (non-hydrogen) atoms. The van der Waals surface area contributed by atoms with Gasteiger partial charge in [-0.15, -0.1) is 0 Å². The number of aromatic nitrogens is 2. The largest absolute Gasteiger partial charge is 0.464 e. The maximum absolute atomic E-state index is 12.5. The molecule has 1 aromatic heterocycles. The SMILES string of the molecule is COC(=O)c1cc(-c2ccccc2)nn1C[C@H](O)C(F)(F)F. The van der Waals surface area contributed by atoms with E-state index >= 15 is 0 Å². The number of hydrogen-bond acceptors (Lipinski definition) is 4. The fourth-order valence-electron chi connectivity index (χ4n) is 1.84. The lowest BCUT2D eigenvalue weighted by Gasteiger charge is -2.15. The van der Waals surface area contributed by atoms with Crippen LogP contribution in [0.15, 0.2) is 36.4 Å². The average Bonchev–Trinajstić information content (AvgIpc) is 2.90. The molecule has 0 aliphatic carbocycles. The Morgan fingerprint density at radius 2 is 2.00 bits per heavy atom. The van der Waals surface area contributed by atoms with E-state index in [2.05, 4.69) is 9.84 Å². The summed E-state index contributed by atoms with van der Waals surface area (Å²) >= 11 is 0. The number of aliphatic hydroxyl groups excluding tert-OH is 1. The Bertz CT molecular complexity index is 653. The van der Waals surface area contributed by atoms with Gasteiger partial charge in [-0.2, -0.15) is 18.3 Å². The van der Waals surface area contributed by atoms with Crippen LogP contribution in [0.5, 0.6) is 0 Å². The van der Waals surface area contributed by atoms with Crippen LogP contribution in [0.3, 0.4) is 0 Å². The number of methoxy groups -OCH3 is 1. The van der Waals surface area contributed by atoms with Crippen molar-refractivity contribution in [3.63, 3.8) is 0 Å². The number of alkyl halides is 3. The summed E-state index contributed by atoms with van der Waals surface area (Å²) in [6.07, 6.45) is -7.42. The maximum atomic E-state index is 12.5. The van der Waals surface area contributed by atoms with Crippen molar-refractivity contribution in [3.8, 4) is 11.3 Å². The molecule has 2 aromatic rings. The van der Waals surface area contributed by atoms with Gasteiger partial charge in [-0.05, 0) is 6.07 Å². The second-order valence-electron chi connectivity index (χ2n) is 4.51. The van der Waals surface area contributed by atoms with Gasteiger partial charge < -0.3 is 9.84 Å². The zero-order valence-electron chi connectivity index (χ0n) is 11.5. The number of hydrogen-bond donors (Lipinski definition) is 1. The molecular weight excluding hydrogens is 301 g/mol. The van der Waals surface area contributed by atoms with E-state index in [0.717, 1.165) is 11.8 Å². The highest BCUT2D eigenvalue weighted by atomic mass is 19.4. The fourth-order valence-corrected chi connectivity index (χ4v) is 1.84. The number of esters is 1. The highest BCUT2D eigenvalue weighted by molar-refractivity contribution is 5.89. The number of benzene rings is 1. The van der Waals surface area contributed by atoms with Gasteiger partial charge >= 0.3 is 12.1 Å². The first-order valence-corrected chi connectivity index (χ1v) is 6.29. The molecule has 118 valence electrons. The molecule has 1 heterocycles. The summed E-state index contributed by atoms with van der Waals surface area (Å²) in [4.78, 5) is 11.7. The summed E-state index contributed by atoms with van der Waals surface area (Å²) in [6, 6.07) is 9.97. The van der Waals surface area contributed by atoms with Crippen LogP contribution in [0.4, 0.5) is 13.2 Å². The Balaban J connectivity index is 2.39. The van der Waals surface area contributed by atoms with Gasteiger partial charge in [0.05, 0.1) is 19.3 Å². The number of rotatable bonds is 4. The minimum absolute atomic E-state index is 0.162. The molecule has 0 saturated heterocycles. The zero-order chi connectivity index (χ0) is 16.3. The number of ether oxygens (including phenoxy) is 1. The van der Waals surface area contributed by atoms with Crippen molar-refractivity contribution in [2.75, 3.05) is 7.11 Å². The third-order valence-electron chi connectivity index (χ3n) is 2.97. The van der Waals surface area contributed by atoms with Crippen LogP contribution in [0.25, 0.3) is 11.3 Å². The standard InChI is InChI=1S/C14H13F3N2O3/c1-22-13(21)11-7-10(9-5-3-2-4-6-9)18-19(11)8-12(20)14(15,16)17/h2-7,12,20H,8H2,1H3/t12-/m0/s1. The summed E-state index contributed by atoms with van der Waals surface area (Å²) in [6.45, 7) is -0.888. The van der Waals surface area contributed by atoms with Crippen molar-refractivity contribution in [3.05, 3.63) is 42.1 Å². The summed E-state index contributed by atoms with van der Waals surface area (Å²) in [5.74, 6) is -0.830. The van der Waals surface area contributed by atoms with Gasteiger partial charge in [0.2, 0.25) is 0 Å². The molecule has 0 aliphatic heterocycles. The topological polar surface area (TPSA) is 64.3 Å². The van der Waals surface area contributed by atoms with Crippen molar-refractivity contribution in [1.29, 1.82) is 0 Å². The van der Waals surface area contributed by atoms with E-state index in [1.807, 2.05) is 0 Å². The number of carbonyl (C=O) groups is 1. The summed E-state index contributed by atoms with van der Waals surface area (Å²) in [7, 11) is 1.11. The predicted octanol–water partition coefficient (Wildman–Crippen LogP) is 2.26. The highest BCUT2D eigenvalue weighted by Crippen LogP contribution is 2.24. The first-order valence-electron chi connectivity index (χ1n) is 6.29. The van der Waals surface area contributed by atoms with Crippen molar-refractivity contribution in [1.82, 2.24) is 9.78 Å². The van der Waals surface area contributed by atoms with Gasteiger partial charge in [-0.3, -0.25) is 4.68 Å². The molecule has 1 aromatic carbocycles. The molecule has 0 bridgehead atoms. The van der Waals surface area contributed by atoms with Crippen LogP contribution >= 0.6 is 0 Å². The molecule has 0 radical (unpaired) electrons. The van der Waals surface area contributed by atoms with Crippen LogP contribution in [0.2, 0.25) is 0 Å². The van der Waals surface area contributed by atoms with E-state index < -0.39 is 24.8 Å². The van der Waals surface area contributed by atoms with E-state index in [1.54, 1.807) is 30.3 Å². The van der Waals surface area contributed by atoms with Crippen molar-refractivity contribution in [2.45, 2.75) is 18.8 Å². The minimum atomic E-state index is -4.80. The summed E-state index contributed by atoms with van der Waals surface area (Å²) in [5, 5.41) is 13.1. The van der Waals surface area contributed by atoms with Gasteiger partial charge in [0.15, 0.2) is 6.10 Å². The molecule has 0 amide bonds. The van der Waals surface area contributed by atoms with Crippen LogP contribution in [-0.2, 0) is 11.3 Å². The van der Waals surface area contributed by atoms with E-state index in [0.29, 0.717) is 11.3 Å². The smallest absolute Gasteiger partial charge is 0.416 e. The fraction of sp³-hybridized carbons (Fsp3) is 0.286. The van der Waals surface area contributed by atoms with Gasteiger partial charge in [-0.25, -0.2) is 4.79 Å². The Morgan fingerprint density at radius 1 is 1.36 bits per heavy atom. The number of carbonyl (C=O) groups excluding carboxylic acids is 1. The van der Waals surface area contributed by atoms with E-state index in [-0.39, 0.29) is 5.69 Å². The summed E-state index contributed by atoms with van der Waals surface area (Å²) < 4.78 is 42.7. The monoisotopic (exact) mass is 314 g/mol. The van der Waals surface area contributed by atoms with Crippen LogP contribution in [-0.4, -0.2) is 40.2 Å². The predicted molar refractivity (Wildman–Crippen MR) is 71.1 cm³/mol. The van der Waals surface area contributed by atoms with Gasteiger partial charge in [-0.1, -0.05) is 30.3 Å². The van der Waals surface area contributed by atoms with Crippen molar-refractivity contribution < 1.29 is 27.8 Å². The molecule has 0 fully saturated rings. The number of aliphatic hydroxyl groups is 1. The lowest BCUT2D eigenvalue weighted by Crippen LogP contribution is -2.34. The van der Waals surface area contributed by atoms with E-state index in [1.165, 1.54) is 6.07 Å². The Labute approximate surface area is 123 Å². The molecule has 0 saturated carbocycles. The van der Waals surface area contributed by atoms with Gasteiger partial charge in [0.1, 0.15) is 5.69 Å². The van der Waals surface area contributed by atoms with Crippen molar-refractivity contribution in [2.24, 2.45) is 0 Å².